The molecule has 12 heteroatoms. The molecule has 3 rings (SSSR count). The third-order valence-corrected chi connectivity index (χ3v) is 8.06. The Morgan fingerprint density at radius 2 is 1.65 bits per heavy atom. The summed E-state index contributed by atoms with van der Waals surface area (Å²) >= 11 is 6.02. The lowest BCUT2D eigenvalue weighted by Crippen LogP contribution is -2.53. The Labute approximate surface area is 238 Å². The van der Waals surface area contributed by atoms with Crippen LogP contribution in [-0.4, -0.2) is 48.7 Å². The molecular weight excluding hydrogens is 556 g/mol. The molecule has 0 saturated carbocycles. The number of hydrogen-bond donors (Lipinski definition) is 1. The average Bonchev–Trinajstić information content (AvgIpc) is 2.92. The number of hydrogen-bond acceptors (Lipinski definition) is 6. The summed E-state index contributed by atoms with van der Waals surface area (Å²) in [5.74, 6) is -1.04. The second-order valence-corrected chi connectivity index (χ2v) is 11.6. The van der Waals surface area contributed by atoms with E-state index in [1.54, 1.807) is 51.1 Å². The molecule has 0 saturated heterocycles. The summed E-state index contributed by atoms with van der Waals surface area (Å²) in [4.78, 5) is 39.1. The summed E-state index contributed by atoms with van der Waals surface area (Å²) in [5.41, 5.74) is 0.290. The fourth-order valence-corrected chi connectivity index (χ4v) is 5.65. The van der Waals surface area contributed by atoms with Gasteiger partial charge in [-0.2, -0.15) is 0 Å². The number of carbonyl (C=O) groups is 2. The van der Waals surface area contributed by atoms with Crippen LogP contribution in [0.15, 0.2) is 83.8 Å². The normalized spacial score (nSPS) is 12.0. The number of carbonyl (C=O) groups excluding carboxylic acids is 2. The van der Waals surface area contributed by atoms with Crippen LogP contribution in [-0.2, 0) is 26.2 Å². The van der Waals surface area contributed by atoms with Crippen molar-refractivity contribution in [3.05, 3.63) is 99.6 Å². The molecule has 0 aliphatic heterocycles. The maximum atomic E-state index is 14.0. The van der Waals surface area contributed by atoms with Crippen LogP contribution in [0.4, 0.5) is 11.4 Å². The molecule has 40 heavy (non-hydrogen) atoms. The Hall–Kier alpha value is -3.96. The number of non-ortho nitro benzene ring substituents is 1. The van der Waals surface area contributed by atoms with Crippen LogP contribution in [0.25, 0.3) is 0 Å². The van der Waals surface area contributed by atoms with E-state index in [1.807, 2.05) is 0 Å². The van der Waals surface area contributed by atoms with E-state index in [4.69, 9.17) is 11.6 Å². The highest BCUT2D eigenvalue weighted by Gasteiger charge is 2.34. The van der Waals surface area contributed by atoms with Crippen LogP contribution in [0.3, 0.4) is 0 Å². The number of nitrogens with one attached hydrogen (secondary N) is 1. The third-order valence-electron chi connectivity index (χ3n) is 6.02. The molecule has 3 aromatic rings. The molecule has 2 amide bonds. The largest absolute Gasteiger partial charge is 0.352 e. The molecule has 212 valence electrons. The van der Waals surface area contributed by atoms with E-state index in [-0.39, 0.29) is 41.2 Å². The molecule has 0 fully saturated rings. The minimum Gasteiger partial charge on any atom is -0.352 e. The molecule has 1 atom stereocenters. The van der Waals surface area contributed by atoms with E-state index in [9.17, 15) is 28.1 Å². The van der Waals surface area contributed by atoms with E-state index in [1.165, 1.54) is 47.4 Å². The number of rotatable bonds is 12. The van der Waals surface area contributed by atoms with Crippen molar-refractivity contribution in [2.45, 2.75) is 50.7 Å². The van der Waals surface area contributed by atoms with Gasteiger partial charge in [0.2, 0.25) is 11.8 Å². The lowest BCUT2D eigenvalue weighted by atomic mass is 10.1. The van der Waals surface area contributed by atoms with Gasteiger partial charge in [-0.15, -0.1) is 0 Å². The molecule has 1 N–H and O–H groups in total. The van der Waals surface area contributed by atoms with Gasteiger partial charge < -0.3 is 10.2 Å². The molecule has 0 heterocycles. The zero-order valence-electron chi connectivity index (χ0n) is 22.4. The van der Waals surface area contributed by atoms with Gasteiger partial charge in [-0.1, -0.05) is 54.9 Å². The Balaban J connectivity index is 2.09. The van der Waals surface area contributed by atoms with E-state index in [2.05, 4.69) is 5.32 Å². The number of nitrogens with zero attached hydrogens (tertiary/aromatic N) is 3. The molecule has 0 radical (unpaired) electrons. The predicted octanol–water partition coefficient (Wildman–Crippen LogP) is 4.78. The van der Waals surface area contributed by atoms with Gasteiger partial charge in [0.05, 0.1) is 15.5 Å². The number of benzene rings is 3. The van der Waals surface area contributed by atoms with Gasteiger partial charge in [-0.05, 0) is 56.2 Å². The second kappa shape index (κ2) is 13.4. The van der Waals surface area contributed by atoms with E-state index in [0.29, 0.717) is 10.6 Å². The van der Waals surface area contributed by atoms with Crippen molar-refractivity contribution in [3.8, 4) is 0 Å². The molecular formula is C28H31ClN4O6S. The maximum Gasteiger partial charge on any atom is 0.271 e. The van der Waals surface area contributed by atoms with Crippen LogP contribution < -0.4 is 9.62 Å². The average molecular weight is 587 g/mol. The summed E-state index contributed by atoms with van der Waals surface area (Å²) in [5, 5.41) is 14.8. The van der Waals surface area contributed by atoms with E-state index in [0.717, 1.165) is 10.4 Å². The summed E-state index contributed by atoms with van der Waals surface area (Å²) in [6.45, 7) is 4.66. The topological polar surface area (TPSA) is 130 Å². The highest BCUT2D eigenvalue weighted by atomic mass is 35.5. The molecule has 0 aliphatic rings. The first kappa shape index (κ1) is 30.6. The maximum absolute atomic E-state index is 14.0. The zero-order chi connectivity index (χ0) is 29.4. The monoisotopic (exact) mass is 586 g/mol. The van der Waals surface area contributed by atoms with Crippen LogP contribution in [0.1, 0.15) is 32.8 Å². The van der Waals surface area contributed by atoms with Crippen molar-refractivity contribution in [2.75, 3.05) is 10.8 Å². The molecule has 10 nitrogen and oxygen atoms in total. The summed E-state index contributed by atoms with van der Waals surface area (Å²) < 4.78 is 28.4. The van der Waals surface area contributed by atoms with Gasteiger partial charge in [0, 0.05) is 29.7 Å². The van der Waals surface area contributed by atoms with Crippen molar-refractivity contribution in [2.24, 2.45) is 0 Å². The molecule has 1 unspecified atom stereocenters. The van der Waals surface area contributed by atoms with Gasteiger partial charge >= 0.3 is 0 Å². The number of anilines is 1. The minimum absolute atomic E-state index is 0.00812. The van der Waals surface area contributed by atoms with E-state index >= 15 is 0 Å². The number of sulfonamides is 1. The second-order valence-electron chi connectivity index (χ2n) is 9.34. The van der Waals surface area contributed by atoms with Crippen LogP contribution in [0.2, 0.25) is 5.02 Å². The first-order valence-electron chi connectivity index (χ1n) is 12.6. The Kier molecular flexibility index (Phi) is 10.2. The van der Waals surface area contributed by atoms with Crippen molar-refractivity contribution < 1.29 is 22.9 Å². The van der Waals surface area contributed by atoms with Crippen molar-refractivity contribution in [1.29, 1.82) is 0 Å². The SMILES string of the molecule is CCC(C(=O)NC(C)C)N(Cc1ccc(Cl)cc1)C(=O)CN(c1cccc([N+](=O)[O-])c1)S(=O)(=O)c1ccccc1. The molecule has 0 aliphatic carbocycles. The first-order valence-corrected chi connectivity index (χ1v) is 14.4. The van der Waals surface area contributed by atoms with Gasteiger partial charge in [0.25, 0.3) is 15.7 Å². The van der Waals surface area contributed by atoms with Crippen molar-refractivity contribution >= 4 is 44.8 Å². The fraction of sp³-hybridized carbons (Fsp3) is 0.286. The van der Waals surface area contributed by atoms with Crippen molar-refractivity contribution in [1.82, 2.24) is 10.2 Å². The third kappa shape index (κ3) is 7.57. The number of nitro groups is 1. The lowest BCUT2D eigenvalue weighted by molar-refractivity contribution is -0.384. The smallest absolute Gasteiger partial charge is 0.271 e. The van der Waals surface area contributed by atoms with Crippen LogP contribution in [0, 0.1) is 10.1 Å². The highest BCUT2D eigenvalue weighted by molar-refractivity contribution is 7.92. The Morgan fingerprint density at radius 1 is 1.00 bits per heavy atom. The summed E-state index contributed by atoms with van der Waals surface area (Å²) in [7, 11) is -4.33. The standard InChI is InChI=1S/C28H31ClN4O6S/c1-4-26(28(35)30-20(2)3)31(18-21-13-15-22(29)16-14-21)27(34)19-32(23-9-8-10-24(17-23)33(36)37)40(38,39)25-11-6-5-7-12-25/h5-17,20,26H,4,18-19H2,1-3H3,(H,30,35). The van der Waals surface area contributed by atoms with Gasteiger partial charge in [0.1, 0.15) is 12.6 Å². The molecule has 0 bridgehead atoms. The van der Waals surface area contributed by atoms with Crippen LogP contribution >= 0.6 is 11.6 Å². The Bertz CT molecular complexity index is 1450. The van der Waals surface area contributed by atoms with Crippen LogP contribution in [0.5, 0.6) is 0 Å². The highest BCUT2D eigenvalue weighted by Crippen LogP contribution is 2.28. The first-order chi connectivity index (χ1) is 18.9. The Morgan fingerprint density at radius 3 is 2.23 bits per heavy atom. The van der Waals surface area contributed by atoms with E-state index < -0.39 is 33.4 Å². The van der Waals surface area contributed by atoms with Gasteiger partial charge in [-0.25, -0.2) is 8.42 Å². The van der Waals surface area contributed by atoms with Gasteiger partial charge in [0.15, 0.2) is 0 Å². The predicted molar refractivity (Wildman–Crippen MR) is 153 cm³/mol. The quantitative estimate of drug-likeness (QED) is 0.240. The number of nitro benzene ring substituents is 1. The zero-order valence-corrected chi connectivity index (χ0v) is 23.9. The molecule has 0 aromatic heterocycles. The van der Waals surface area contributed by atoms with Gasteiger partial charge in [-0.3, -0.25) is 24.0 Å². The minimum atomic E-state index is -4.33. The number of amides is 2. The lowest BCUT2D eigenvalue weighted by Gasteiger charge is -2.33. The summed E-state index contributed by atoms with van der Waals surface area (Å²) in [6, 6.07) is 18.2. The fourth-order valence-electron chi connectivity index (χ4n) is 4.10. The number of halogens is 1. The summed E-state index contributed by atoms with van der Waals surface area (Å²) in [6.07, 6.45) is 0.264. The van der Waals surface area contributed by atoms with Crippen molar-refractivity contribution in [3.63, 3.8) is 0 Å². The molecule has 0 spiro atoms. The molecule has 3 aromatic carbocycles.